The molecule has 4 nitrogen and oxygen atoms in total. The average Bonchev–Trinajstić information content (AvgIpc) is 2.27. The molecule has 14 heavy (non-hydrogen) atoms. The first kappa shape index (κ1) is 10.8. The minimum atomic E-state index is -0.548. The van der Waals surface area contributed by atoms with Crippen LogP contribution >= 0.6 is 0 Å². The number of rotatable bonds is 1. The molecule has 0 unspecified atom stereocenters. The topological polar surface area (TPSA) is 58.9 Å². The molecule has 0 aliphatic carbocycles. The number of hydrogen-bond acceptors (Lipinski definition) is 4. The minimum Gasteiger partial charge on any atom is -0.509 e. The van der Waals surface area contributed by atoms with Gasteiger partial charge >= 0.3 is 5.97 Å². The highest BCUT2D eigenvalue weighted by atomic mass is 16.6. The van der Waals surface area contributed by atoms with Crippen LogP contribution in [0.3, 0.4) is 0 Å². The van der Waals surface area contributed by atoms with Gasteiger partial charge < -0.3 is 9.84 Å². The van der Waals surface area contributed by atoms with Crippen LogP contribution in [0, 0.1) is 0 Å². The van der Waals surface area contributed by atoms with Crippen molar-refractivity contribution < 1.29 is 14.6 Å². The van der Waals surface area contributed by atoms with Crippen LogP contribution in [-0.2, 0) is 9.53 Å². The molecule has 0 radical (unpaired) electrons. The first-order valence-electron chi connectivity index (χ1n) is 4.48. The summed E-state index contributed by atoms with van der Waals surface area (Å²) in [4.78, 5) is 15.5. The fourth-order valence-corrected chi connectivity index (χ4v) is 1.16. The maximum absolute atomic E-state index is 11.6. The van der Waals surface area contributed by atoms with Crippen LogP contribution in [0.15, 0.2) is 16.3 Å². The number of aliphatic imine (C=N–C) groups is 1. The van der Waals surface area contributed by atoms with E-state index in [0.29, 0.717) is 5.71 Å². The van der Waals surface area contributed by atoms with E-state index in [1.54, 1.807) is 27.7 Å². The number of carbonyl (C=O) groups is 1. The average molecular weight is 197 g/mol. The number of esters is 1. The van der Waals surface area contributed by atoms with Crippen molar-refractivity contribution in [2.75, 3.05) is 6.54 Å². The maximum Gasteiger partial charge on any atom is 0.344 e. The van der Waals surface area contributed by atoms with Gasteiger partial charge in [-0.2, -0.15) is 0 Å². The summed E-state index contributed by atoms with van der Waals surface area (Å²) in [6.07, 6.45) is 0. The zero-order valence-corrected chi connectivity index (χ0v) is 8.92. The molecular formula is C10H15NO3. The molecule has 0 saturated heterocycles. The highest BCUT2D eigenvalue weighted by Gasteiger charge is 2.27. The molecule has 1 aliphatic rings. The molecule has 0 amide bonds. The quantitative estimate of drug-likeness (QED) is 0.650. The first-order valence-corrected chi connectivity index (χ1v) is 4.48. The molecule has 0 aromatic heterocycles. The number of carbonyl (C=O) groups excluding carboxylic acids is 1. The molecule has 0 saturated carbocycles. The van der Waals surface area contributed by atoms with E-state index in [9.17, 15) is 9.90 Å². The second kappa shape index (κ2) is 3.44. The first-order chi connectivity index (χ1) is 6.31. The molecule has 0 bridgehead atoms. The van der Waals surface area contributed by atoms with E-state index in [-0.39, 0.29) is 17.9 Å². The summed E-state index contributed by atoms with van der Waals surface area (Å²) in [7, 11) is 0. The van der Waals surface area contributed by atoms with Gasteiger partial charge in [-0.1, -0.05) is 0 Å². The number of hydrogen-bond donors (Lipinski definition) is 1. The van der Waals surface area contributed by atoms with E-state index in [0.717, 1.165) is 0 Å². The van der Waals surface area contributed by atoms with Crippen molar-refractivity contribution in [3.8, 4) is 0 Å². The molecule has 1 N–H and O–H groups in total. The van der Waals surface area contributed by atoms with Gasteiger partial charge in [-0.05, 0) is 27.7 Å². The summed E-state index contributed by atoms with van der Waals surface area (Å²) in [6, 6.07) is 0. The van der Waals surface area contributed by atoms with E-state index < -0.39 is 11.6 Å². The van der Waals surface area contributed by atoms with Crippen LogP contribution in [0.2, 0.25) is 0 Å². The normalized spacial score (nSPS) is 17.0. The van der Waals surface area contributed by atoms with Gasteiger partial charge in [-0.25, -0.2) is 4.79 Å². The Hall–Kier alpha value is -1.32. The third kappa shape index (κ3) is 2.34. The van der Waals surface area contributed by atoms with Crippen molar-refractivity contribution in [1.29, 1.82) is 0 Å². The summed E-state index contributed by atoms with van der Waals surface area (Å²) in [5.41, 5.74) is 0.199. The molecule has 0 fully saturated rings. The van der Waals surface area contributed by atoms with Crippen LogP contribution in [0.5, 0.6) is 0 Å². The standard InChI is InChI=1S/C10H15NO3/c1-6-8(7(12)5-11-6)9(13)14-10(2,3)4/h12H,5H2,1-4H3. The molecule has 0 aromatic rings. The third-order valence-electron chi connectivity index (χ3n) is 1.72. The van der Waals surface area contributed by atoms with Crippen molar-refractivity contribution in [3.05, 3.63) is 11.3 Å². The lowest BCUT2D eigenvalue weighted by Crippen LogP contribution is -2.26. The summed E-state index contributed by atoms with van der Waals surface area (Å²) >= 11 is 0. The zero-order valence-electron chi connectivity index (χ0n) is 8.92. The van der Waals surface area contributed by atoms with E-state index in [2.05, 4.69) is 4.99 Å². The smallest absolute Gasteiger partial charge is 0.344 e. The van der Waals surface area contributed by atoms with Gasteiger partial charge in [-0.3, -0.25) is 4.99 Å². The van der Waals surface area contributed by atoms with E-state index in [1.165, 1.54) is 0 Å². The van der Waals surface area contributed by atoms with Gasteiger partial charge in [0.2, 0.25) is 0 Å². The Labute approximate surface area is 83.3 Å². The molecule has 1 rings (SSSR count). The Kier molecular flexibility index (Phi) is 2.64. The zero-order chi connectivity index (χ0) is 10.9. The van der Waals surface area contributed by atoms with Crippen LogP contribution in [0.25, 0.3) is 0 Å². The van der Waals surface area contributed by atoms with Gasteiger partial charge in [0, 0.05) is 0 Å². The van der Waals surface area contributed by atoms with Gasteiger partial charge in [-0.15, -0.1) is 0 Å². The Balaban J connectivity index is 2.81. The highest BCUT2D eigenvalue weighted by Crippen LogP contribution is 2.18. The van der Waals surface area contributed by atoms with Crippen molar-refractivity contribution in [2.24, 2.45) is 4.99 Å². The van der Waals surface area contributed by atoms with Crippen molar-refractivity contribution in [1.82, 2.24) is 0 Å². The lowest BCUT2D eigenvalue weighted by molar-refractivity contribution is -0.149. The summed E-state index contributed by atoms with van der Waals surface area (Å²) in [5, 5.41) is 9.39. The van der Waals surface area contributed by atoms with Gasteiger partial charge in [0.1, 0.15) is 16.9 Å². The lowest BCUT2D eigenvalue weighted by atomic mass is 10.1. The molecule has 78 valence electrons. The molecule has 1 aliphatic heterocycles. The van der Waals surface area contributed by atoms with Crippen LogP contribution in [-0.4, -0.2) is 28.9 Å². The summed E-state index contributed by atoms with van der Waals surface area (Å²) in [6.45, 7) is 7.21. The summed E-state index contributed by atoms with van der Waals surface area (Å²) < 4.78 is 5.12. The fourth-order valence-electron chi connectivity index (χ4n) is 1.16. The molecule has 4 heteroatoms. The number of aliphatic hydroxyl groups excluding tert-OH is 1. The van der Waals surface area contributed by atoms with Crippen LogP contribution in [0.1, 0.15) is 27.7 Å². The Bertz CT molecular complexity index is 321. The van der Waals surface area contributed by atoms with Crippen LogP contribution in [0.4, 0.5) is 0 Å². The molecule has 1 heterocycles. The Morgan fingerprint density at radius 2 is 2.07 bits per heavy atom. The number of nitrogens with zero attached hydrogens (tertiary/aromatic N) is 1. The minimum absolute atomic E-state index is 0.00301. The van der Waals surface area contributed by atoms with Crippen molar-refractivity contribution in [3.63, 3.8) is 0 Å². The number of aliphatic hydroxyl groups is 1. The fraction of sp³-hybridized carbons (Fsp3) is 0.600. The lowest BCUT2D eigenvalue weighted by Gasteiger charge is -2.19. The van der Waals surface area contributed by atoms with E-state index in [1.807, 2.05) is 0 Å². The van der Waals surface area contributed by atoms with E-state index >= 15 is 0 Å². The molecule has 0 aromatic carbocycles. The van der Waals surface area contributed by atoms with E-state index in [4.69, 9.17) is 4.74 Å². The maximum atomic E-state index is 11.6. The molecule has 0 spiro atoms. The third-order valence-corrected chi connectivity index (χ3v) is 1.72. The number of ether oxygens (including phenoxy) is 1. The summed E-state index contributed by atoms with van der Waals surface area (Å²) in [5.74, 6) is -0.509. The predicted octanol–water partition coefficient (Wildman–Crippen LogP) is 1.61. The van der Waals surface area contributed by atoms with Crippen LogP contribution < -0.4 is 0 Å². The van der Waals surface area contributed by atoms with Gasteiger partial charge in [0.05, 0.1) is 12.3 Å². The highest BCUT2D eigenvalue weighted by molar-refractivity contribution is 6.20. The Morgan fingerprint density at radius 1 is 1.50 bits per heavy atom. The molecule has 0 atom stereocenters. The predicted molar refractivity (Wildman–Crippen MR) is 53.5 cm³/mol. The second-order valence-electron chi connectivity index (χ2n) is 4.23. The van der Waals surface area contributed by atoms with Gasteiger partial charge in [0.15, 0.2) is 0 Å². The second-order valence-corrected chi connectivity index (χ2v) is 4.23. The SMILES string of the molecule is CC1=NCC(O)=C1C(=O)OC(C)(C)C. The Morgan fingerprint density at radius 3 is 2.43 bits per heavy atom. The monoisotopic (exact) mass is 197 g/mol. The molecular weight excluding hydrogens is 182 g/mol. The largest absolute Gasteiger partial charge is 0.509 e. The van der Waals surface area contributed by atoms with Gasteiger partial charge in [0.25, 0.3) is 0 Å². The van der Waals surface area contributed by atoms with Crippen molar-refractivity contribution in [2.45, 2.75) is 33.3 Å². The van der Waals surface area contributed by atoms with Crippen molar-refractivity contribution >= 4 is 11.7 Å².